The van der Waals surface area contributed by atoms with Crippen molar-refractivity contribution in [2.24, 2.45) is 0 Å². The summed E-state index contributed by atoms with van der Waals surface area (Å²) >= 11 is 1.52. The third-order valence-electron chi connectivity index (χ3n) is 2.88. The highest BCUT2D eigenvalue weighted by Crippen LogP contribution is 2.33. The van der Waals surface area contributed by atoms with Crippen LogP contribution in [0.3, 0.4) is 0 Å². The van der Waals surface area contributed by atoms with Crippen LogP contribution in [0.1, 0.15) is 18.1 Å². The van der Waals surface area contributed by atoms with Crippen molar-refractivity contribution in [3.05, 3.63) is 58.3 Å². The van der Waals surface area contributed by atoms with Gasteiger partial charge in [0, 0.05) is 0 Å². The second-order valence-corrected chi connectivity index (χ2v) is 4.59. The Balaban J connectivity index is 2.58. The average molecular weight is 232 g/mol. The highest BCUT2D eigenvalue weighted by atomic mass is 32.1. The second kappa shape index (κ2) is 4.10. The van der Waals surface area contributed by atoms with Gasteiger partial charge in [0.1, 0.15) is 5.41 Å². The minimum Gasteiger partial charge on any atom is -0.480 e. The molecule has 82 valence electrons. The van der Waals surface area contributed by atoms with Gasteiger partial charge in [-0.05, 0) is 34.9 Å². The van der Waals surface area contributed by atoms with Crippen molar-refractivity contribution < 1.29 is 9.90 Å². The Morgan fingerprint density at radius 1 is 1.19 bits per heavy atom. The highest BCUT2D eigenvalue weighted by molar-refractivity contribution is 7.08. The maximum atomic E-state index is 11.5. The van der Waals surface area contributed by atoms with Crippen LogP contribution in [0.5, 0.6) is 0 Å². The van der Waals surface area contributed by atoms with Gasteiger partial charge in [-0.15, -0.1) is 0 Å². The first-order valence-electron chi connectivity index (χ1n) is 4.97. The van der Waals surface area contributed by atoms with Crippen LogP contribution in [0.25, 0.3) is 0 Å². The predicted molar refractivity (Wildman–Crippen MR) is 64.9 cm³/mol. The molecule has 0 spiro atoms. The van der Waals surface area contributed by atoms with E-state index < -0.39 is 11.4 Å². The summed E-state index contributed by atoms with van der Waals surface area (Å²) in [6.07, 6.45) is 0. The van der Waals surface area contributed by atoms with Crippen molar-refractivity contribution in [3.8, 4) is 0 Å². The average Bonchev–Trinajstić information content (AvgIpc) is 2.82. The summed E-state index contributed by atoms with van der Waals surface area (Å²) in [5.74, 6) is -0.822. The number of thiophene rings is 1. The lowest BCUT2D eigenvalue weighted by atomic mass is 9.77. The molecule has 0 aliphatic carbocycles. The van der Waals surface area contributed by atoms with Gasteiger partial charge in [-0.2, -0.15) is 11.3 Å². The van der Waals surface area contributed by atoms with Gasteiger partial charge in [-0.1, -0.05) is 30.3 Å². The summed E-state index contributed by atoms with van der Waals surface area (Å²) in [7, 11) is 0. The van der Waals surface area contributed by atoms with E-state index in [1.165, 1.54) is 11.3 Å². The smallest absolute Gasteiger partial charge is 0.318 e. The summed E-state index contributed by atoms with van der Waals surface area (Å²) in [6, 6.07) is 11.2. The topological polar surface area (TPSA) is 37.3 Å². The molecule has 2 nitrogen and oxygen atoms in total. The molecule has 1 atom stereocenters. The summed E-state index contributed by atoms with van der Waals surface area (Å²) in [6.45, 7) is 1.74. The van der Waals surface area contributed by atoms with Crippen molar-refractivity contribution in [1.29, 1.82) is 0 Å². The van der Waals surface area contributed by atoms with Crippen LogP contribution in [0.15, 0.2) is 47.2 Å². The van der Waals surface area contributed by atoms with Gasteiger partial charge in [-0.3, -0.25) is 4.79 Å². The monoisotopic (exact) mass is 232 g/mol. The standard InChI is InChI=1S/C13H12O2S/c1-13(12(14)15,11-7-8-16-9-11)10-5-3-2-4-6-10/h2-9H,1H3,(H,14,15). The van der Waals surface area contributed by atoms with Gasteiger partial charge >= 0.3 is 5.97 Å². The Labute approximate surface area is 98.2 Å². The molecule has 0 aliphatic rings. The van der Waals surface area contributed by atoms with E-state index in [2.05, 4.69) is 0 Å². The number of carbonyl (C=O) groups is 1. The van der Waals surface area contributed by atoms with E-state index in [0.29, 0.717) is 0 Å². The van der Waals surface area contributed by atoms with Crippen LogP contribution in [0.4, 0.5) is 0 Å². The third-order valence-corrected chi connectivity index (χ3v) is 3.56. The van der Waals surface area contributed by atoms with Gasteiger partial charge in [0.15, 0.2) is 0 Å². The Morgan fingerprint density at radius 3 is 2.38 bits per heavy atom. The summed E-state index contributed by atoms with van der Waals surface area (Å²) in [5.41, 5.74) is 0.679. The molecule has 0 fully saturated rings. The zero-order valence-electron chi connectivity index (χ0n) is 8.88. The van der Waals surface area contributed by atoms with E-state index in [9.17, 15) is 9.90 Å². The van der Waals surface area contributed by atoms with Crippen LogP contribution in [0.2, 0.25) is 0 Å². The van der Waals surface area contributed by atoms with Crippen molar-refractivity contribution in [1.82, 2.24) is 0 Å². The molecule has 1 N–H and O–H groups in total. The van der Waals surface area contributed by atoms with Gasteiger partial charge < -0.3 is 5.11 Å². The molecule has 1 heterocycles. The fraction of sp³-hybridized carbons (Fsp3) is 0.154. The van der Waals surface area contributed by atoms with Gasteiger partial charge in [-0.25, -0.2) is 0 Å². The molecule has 2 aromatic rings. The number of benzene rings is 1. The predicted octanol–water partition coefficient (Wildman–Crippen LogP) is 3.14. The molecule has 0 bridgehead atoms. The van der Waals surface area contributed by atoms with E-state index in [1.807, 2.05) is 47.2 Å². The maximum absolute atomic E-state index is 11.5. The first-order valence-corrected chi connectivity index (χ1v) is 5.91. The summed E-state index contributed by atoms with van der Waals surface area (Å²) in [4.78, 5) is 11.5. The zero-order chi connectivity index (χ0) is 11.6. The van der Waals surface area contributed by atoms with Crippen LogP contribution < -0.4 is 0 Å². The second-order valence-electron chi connectivity index (χ2n) is 3.81. The molecule has 1 aromatic heterocycles. The number of hydrogen-bond acceptors (Lipinski definition) is 2. The lowest BCUT2D eigenvalue weighted by Crippen LogP contribution is -2.33. The van der Waals surface area contributed by atoms with E-state index in [4.69, 9.17) is 0 Å². The van der Waals surface area contributed by atoms with Crippen LogP contribution >= 0.6 is 11.3 Å². The van der Waals surface area contributed by atoms with Crippen molar-refractivity contribution in [2.75, 3.05) is 0 Å². The Morgan fingerprint density at radius 2 is 1.88 bits per heavy atom. The minimum absolute atomic E-state index is 0.806. The lowest BCUT2D eigenvalue weighted by molar-refractivity contribution is -0.141. The molecule has 0 saturated carbocycles. The molecule has 16 heavy (non-hydrogen) atoms. The minimum atomic E-state index is -0.957. The number of hydrogen-bond donors (Lipinski definition) is 1. The number of carboxylic acids is 1. The Kier molecular flexibility index (Phi) is 2.79. The van der Waals surface area contributed by atoms with Crippen molar-refractivity contribution in [3.63, 3.8) is 0 Å². The maximum Gasteiger partial charge on any atom is 0.318 e. The Bertz CT molecular complexity index is 476. The molecule has 1 unspecified atom stereocenters. The van der Waals surface area contributed by atoms with Gasteiger partial charge in [0.25, 0.3) is 0 Å². The third kappa shape index (κ3) is 1.63. The quantitative estimate of drug-likeness (QED) is 0.882. The fourth-order valence-corrected chi connectivity index (χ4v) is 2.50. The van der Waals surface area contributed by atoms with E-state index >= 15 is 0 Å². The summed E-state index contributed by atoms with van der Waals surface area (Å²) < 4.78 is 0. The van der Waals surface area contributed by atoms with E-state index in [0.717, 1.165) is 11.1 Å². The first-order chi connectivity index (χ1) is 7.65. The molecular formula is C13H12O2S. The molecule has 0 saturated heterocycles. The van der Waals surface area contributed by atoms with Gasteiger partial charge in [0.05, 0.1) is 0 Å². The fourth-order valence-electron chi connectivity index (χ4n) is 1.73. The molecule has 0 amide bonds. The number of rotatable bonds is 3. The Hall–Kier alpha value is -1.61. The number of carboxylic acid groups (broad SMARTS) is 1. The highest BCUT2D eigenvalue weighted by Gasteiger charge is 2.37. The largest absolute Gasteiger partial charge is 0.480 e. The first kappa shape index (κ1) is 10.9. The van der Waals surface area contributed by atoms with E-state index in [1.54, 1.807) is 6.92 Å². The molecule has 0 aliphatic heterocycles. The normalized spacial score (nSPS) is 14.3. The van der Waals surface area contributed by atoms with Crippen LogP contribution in [-0.4, -0.2) is 11.1 Å². The summed E-state index contributed by atoms with van der Waals surface area (Å²) in [5, 5.41) is 13.3. The molecule has 2 rings (SSSR count). The molecule has 0 radical (unpaired) electrons. The van der Waals surface area contributed by atoms with E-state index in [-0.39, 0.29) is 0 Å². The molecule has 1 aromatic carbocycles. The van der Waals surface area contributed by atoms with Crippen LogP contribution in [-0.2, 0) is 10.2 Å². The van der Waals surface area contributed by atoms with Gasteiger partial charge in [0.2, 0.25) is 0 Å². The van der Waals surface area contributed by atoms with Crippen molar-refractivity contribution >= 4 is 17.3 Å². The number of aliphatic carboxylic acids is 1. The molecule has 3 heteroatoms. The lowest BCUT2D eigenvalue weighted by Gasteiger charge is -2.24. The SMILES string of the molecule is CC(C(=O)O)(c1ccccc1)c1ccsc1. The molecular weight excluding hydrogens is 220 g/mol. The van der Waals surface area contributed by atoms with Crippen LogP contribution in [0, 0.1) is 0 Å². The zero-order valence-corrected chi connectivity index (χ0v) is 9.70. The van der Waals surface area contributed by atoms with Crippen molar-refractivity contribution in [2.45, 2.75) is 12.3 Å².